The summed E-state index contributed by atoms with van der Waals surface area (Å²) in [6.45, 7) is 0.365. The molecule has 0 unspecified atom stereocenters. The van der Waals surface area contributed by atoms with Crippen LogP contribution in [0.5, 0.6) is 5.75 Å². The number of anilines is 1. The topological polar surface area (TPSA) is 75.7 Å². The predicted octanol–water partition coefficient (Wildman–Crippen LogP) is 1.71. The third-order valence-electron chi connectivity index (χ3n) is 3.35. The number of ether oxygens (including phenoxy) is 1. The molecule has 1 N–H and O–H groups in total. The van der Waals surface area contributed by atoms with Crippen LogP contribution in [0.4, 0.5) is 5.69 Å². The van der Waals surface area contributed by atoms with Gasteiger partial charge in [-0.1, -0.05) is 11.6 Å². The minimum Gasteiger partial charge on any atom is -0.495 e. The lowest BCUT2D eigenvalue weighted by molar-refractivity contribution is -0.119. The Morgan fingerprint density at radius 2 is 2.19 bits per heavy atom. The summed E-state index contributed by atoms with van der Waals surface area (Å²) in [6.07, 6.45) is 2.28. The van der Waals surface area contributed by atoms with Crippen LogP contribution in [-0.4, -0.2) is 44.6 Å². The summed E-state index contributed by atoms with van der Waals surface area (Å²) >= 11 is 5.91. The molecule has 1 saturated heterocycles. The highest BCUT2D eigenvalue weighted by Gasteiger charge is 2.36. The van der Waals surface area contributed by atoms with Gasteiger partial charge in [0.15, 0.2) is 0 Å². The summed E-state index contributed by atoms with van der Waals surface area (Å²) in [5.41, 5.74) is 0.426. The fourth-order valence-electron chi connectivity index (χ4n) is 2.39. The number of hydrogen-bond acceptors (Lipinski definition) is 4. The zero-order chi connectivity index (χ0) is 15.6. The van der Waals surface area contributed by atoms with Gasteiger partial charge in [0.1, 0.15) is 11.8 Å². The van der Waals surface area contributed by atoms with Crippen molar-refractivity contribution in [2.45, 2.75) is 18.9 Å². The van der Waals surface area contributed by atoms with Crippen molar-refractivity contribution in [3.05, 3.63) is 23.2 Å². The molecule has 8 heteroatoms. The minimum absolute atomic E-state index is 0.365. The van der Waals surface area contributed by atoms with E-state index in [-0.39, 0.29) is 5.91 Å². The number of carbonyl (C=O) groups is 1. The van der Waals surface area contributed by atoms with Crippen molar-refractivity contribution in [1.29, 1.82) is 0 Å². The van der Waals surface area contributed by atoms with E-state index in [9.17, 15) is 13.2 Å². The van der Waals surface area contributed by atoms with Crippen LogP contribution >= 0.6 is 11.6 Å². The first-order valence-corrected chi connectivity index (χ1v) is 8.67. The van der Waals surface area contributed by atoms with E-state index >= 15 is 0 Å². The quantitative estimate of drug-likeness (QED) is 0.910. The van der Waals surface area contributed by atoms with Gasteiger partial charge in [-0.15, -0.1) is 0 Å². The Kier molecular flexibility index (Phi) is 4.75. The van der Waals surface area contributed by atoms with Crippen molar-refractivity contribution in [1.82, 2.24) is 4.31 Å². The Morgan fingerprint density at radius 3 is 2.81 bits per heavy atom. The maximum Gasteiger partial charge on any atom is 0.242 e. The van der Waals surface area contributed by atoms with E-state index in [4.69, 9.17) is 16.3 Å². The zero-order valence-corrected chi connectivity index (χ0v) is 13.4. The Morgan fingerprint density at radius 1 is 1.48 bits per heavy atom. The smallest absolute Gasteiger partial charge is 0.242 e. The van der Waals surface area contributed by atoms with Crippen LogP contribution in [0.15, 0.2) is 18.2 Å². The van der Waals surface area contributed by atoms with Gasteiger partial charge in [-0.2, -0.15) is 4.31 Å². The molecule has 21 heavy (non-hydrogen) atoms. The number of sulfonamides is 1. The van der Waals surface area contributed by atoms with E-state index in [1.807, 2.05) is 0 Å². The normalized spacial score (nSPS) is 19.5. The second-order valence-corrected chi connectivity index (χ2v) is 7.24. The summed E-state index contributed by atoms with van der Waals surface area (Å²) in [5, 5.41) is 3.15. The second-order valence-electron chi connectivity index (χ2n) is 4.87. The summed E-state index contributed by atoms with van der Waals surface area (Å²) in [5.74, 6) is 0.0927. The standard InChI is InChI=1S/C13H17ClN2O4S/c1-20-12-6-5-9(14)8-10(12)15-13(17)11-4-3-7-16(11)21(2,18)19/h5-6,8,11H,3-4,7H2,1-2H3,(H,15,17)/t11-/m0/s1. The van der Waals surface area contributed by atoms with Crippen molar-refractivity contribution >= 4 is 33.2 Å². The van der Waals surface area contributed by atoms with Crippen LogP contribution in [-0.2, 0) is 14.8 Å². The molecule has 1 fully saturated rings. The molecule has 0 aromatic heterocycles. The van der Waals surface area contributed by atoms with Gasteiger partial charge >= 0.3 is 0 Å². The summed E-state index contributed by atoms with van der Waals surface area (Å²) < 4.78 is 29.7. The Balaban J connectivity index is 2.20. The van der Waals surface area contributed by atoms with Gasteiger partial charge in [-0.05, 0) is 31.0 Å². The average molecular weight is 333 g/mol. The van der Waals surface area contributed by atoms with Gasteiger partial charge in [0.05, 0.1) is 19.1 Å². The molecule has 1 aromatic carbocycles. The number of amides is 1. The fraction of sp³-hybridized carbons (Fsp3) is 0.462. The van der Waals surface area contributed by atoms with Crippen molar-refractivity contribution in [2.75, 3.05) is 25.2 Å². The molecule has 1 aliphatic heterocycles. The van der Waals surface area contributed by atoms with E-state index in [0.29, 0.717) is 35.8 Å². The molecule has 2 rings (SSSR count). The molecule has 6 nitrogen and oxygen atoms in total. The maximum atomic E-state index is 12.3. The molecule has 1 heterocycles. The lowest BCUT2D eigenvalue weighted by atomic mass is 10.2. The van der Waals surface area contributed by atoms with Crippen molar-refractivity contribution in [2.24, 2.45) is 0 Å². The van der Waals surface area contributed by atoms with Crippen LogP contribution in [0.1, 0.15) is 12.8 Å². The van der Waals surface area contributed by atoms with Crippen LogP contribution in [0, 0.1) is 0 Å². The summed E-state index contributed by atoms with van der Waals surface area (Å²) in [7, 11) is -1.91. The number of nitrogens with one attached hydrogen (secondary N) is 1. The van der Waals surface area contributed by atoms with Gasteiger partial charge in [0.2, 0.25) is 15.9 Å². The minimum atomic E-state index is -3.40. The SMILES string of the molecule is COc1ccc(Cl)cc1NC(=O)[C@@H]1CCCN1S(C)(=O)=O. The lowest BCUT2D eigenvalue weighted by Crippen LogP contribution is -2.42. The highest BCUT2D eigenvalue weighted by molar-refractivity contribution is 7.88. The van der Waals surface area contributed by atoms with Crippen molar-refractivity contribution < 1.29 is 17.9 Å². The Bertz CT molecular complexity index is 648. The average Bonchev–Trinajstić information content (AvgIpc) is 2.88. The lowest BCUT2D eigenvalue weighted by Gasteiger charge is -2.21. The molecular formula is C13H17ClN2O4S. The highest BCUT2D eigenvalue weighted by atomic mass is 35.5. The molecule has 0 bridgehead atoms. The Labute approximate surface area is 129 Å². The Hall–Kier alpha value is -1.31. The first-order valence-electron chi connectivity index (χ1n) is 6.44. The molecule has 0 radical (unpaired) electrons. The zero-order valence-electron chi connectivity index (χ0n) is 11.8. The van der Waals surface area contributed by atoms with E-state index < -0.39 is 16.1 Å². The molecule has 1 aromatic rings. The number of benzene rings is 1. The molecule has 116 valence electrons. The molecule has 1 atom stereocenters. The molecule has 1 amide bonds. The first-order chi connectivity index (χ1) is 9.82. The van der Waals surface area contributed by atoms with Gasteiger partial charge in [-0.25, -0.2) is 8.42 Å². The third-order valence-corrected chi connectivity index (χ3v) is 4.88. The molecule has 0 aliphatic carbocycles. The predicted molar refractivity (Wildman–Crippen MR) is 81.2 cm³/mol. The molecular weight excluding hydrogens is 316 g/mol. The van der Waals surface area contributed by atoms with Gasteiger partial charge in [0.25, 0.3) is 0 Å². The maximum absolute atomic E-state index is 12.3. The summed E-state index contributed by atoms with van der Waals surface area (Å²) in [6, 6.07) is 4.16. The van der Waals surface area contributed by atoms with Crippen molar-refractivity contribution in [3.63, 3.8) is 0 Å². The third kappa shape index (κ3) is 3.66. The fourth-order valence-corrected chi connectivity index (χ4v) is 3.69. The van der Waals surface area contributed by atoms with E-state index in [1.54, 1.807) is 18.2 Å². The number of halogens is 1. The number of nitrogens with zero attached hydrogens (tertiary/aromatic N) is 1. The van der Waals surface area contributed by atoms with E-state index in [1.165, 1.54) is 11.4 Å². The van der Waals surface area contributed by atoms with Crippen LogP contribution in [0.2, 0.25) is 5.02 Å². The molecule has 1 aliphatic rings. The second kappa shape index (κ2) is 6.21. The number of hydrogen-bond donors (Lipinski definition) is 1. The van der Waals surface area contributed by atoms with Gasteiger partial charge in [0, 0.05) is 11.6 Å². The molecule has 0 saturated carbocycles. The number of carbonyl (C=O) groups excluding carboxylic acids is 1. The summed E-state index contributed by atoms with van der Waals surface area (Å²) in [4.78, 5) is 12.3. The van der Waals surface area contributed by atoms with E-state index in [0.717, 1.165) is 6.26 Å². The van der Waals surface area contributed by atoms with Crippen molar-refractivity contribution in [3.8, 4) is 5.75 Å². The van der Waals surface area contributed by atoms with Gasteiger partial charge < -0.3 is 10.1 Å². The number of rotatable bonds is 4. The van der Waals surface area contributed by atoms with Gasteiger partial charge in [-0.3, -0.25) is 4.79 Å². The number of methoxy groups -OCH3 is 1. The highest BCUT2D eigenvalue weighted by Crippen LogP contribution is 2.29. The first kappa shape index (κ1) is 16.1. The van der Waals surface area contributed by atoms with Crippen LogP contribution < -0.4 is 10.1 Å². The van der Waals surface area contributed by atoms with E-state index in [2.05, 4.69) is 5.32 Å². The molecule has 0 spiro atoms. The largest absolute Gasteiger partial charge is 0.495 e. The van der Waals surface area contributed by atoms with Crippen LogP contribution in [0.3, 0.4) is 0 Å². The monoisotopic (exact) mass is 332 g/mol. The van der Waals surface area contributed by atoms with Crippen LogP contribution in [0.25, 0.3) is 0 Å².